The van der Waals surface area contributed by atoms with Crippen LogP contribution in [0.5, 0.6) is 0 Å². The fourth-order valence-corrected chi connectivity index (χ4v) is 3.49. The lowest BCUT2D eigenvalue weighted by molar-refractivity contribution is -0.113. The Morgan fingerprint density at radius 2 is 2.08 bits per heavy atom. The Labute approximate surface area is 159 Å². The first-order valence-electron chi connectivity index (χ1n) is 7.77. The van der Waals surface area contributed by atoms with Crippen molar-refractivity contribution in [3.8, 4) is 11.5 Å². The van der Waals surface area contributed by atoms with Gasteiger partial charge in [-0.05, 0) is 44.0 Å². The molecule has 0 radical (unpaired) electrons. The number of nitrogens with zero attached hydrogens (tertiary/aromatic N) is 4. The zero-order chi connectivity index (χ0) is 18.8. The van der Waals surface area contributed by atoms with Gasteiger partial charge in [0.05, 0.1) is 16.5 Å². The predicted octanol–water partition coefficient (Wildman–Crippen LogP) is 2.69. The molecule has 0 saturated heterocycles. The fourth-order valence-electron chi connectivity index (χ4n) is 2.46. The number of rotatable bonds is 5. The van der Waals surface area contributed by atoms with E-state index in [9.17, 15) is 4.79 Å². The van der Waals surface area contributed by atoms with Crippen LogP contribution in [-0.2, 0) is 4.79 Å². The Balaban J connectivity index is 1.66. The van der Waals surface area contributed by atoms with Crippen molar-refractivity contribution in [1.82, 2.24) is 25.1 Å². The maximum Gasteiger partial charge on any atom is 0.234 e. The fraction of sp³-hybridized carbons (Fsp3) is 0.250. The van der Waals surface area contributed by atoms with Crippen molar-refractivity contribution in [2.45, 2.75) is 25.9 Å². The highest BCUT2D eigenvalue weighted by molar-refractivity contribution is 7.99. The molecule has 0 fully saturated rings. The van der Waals surface area contributed by atoms with Gasteiger partial charge in [0.15, 0.2) is 0 Å². The molecule has 1 aromatic carbocycles. The van der Waals surface area contributed by atoms with Gasteiger partial charge in [0, 0.05) is 5.69 Å². The number of hydrogen-bond acceptors (Lipinski definition) is 6. The number of benzene rings is 1. The average Bonchev–Trinajstić information content (AvgIpc) is 3.14. The standard InChI is InChI=1S/C16H18ClN7OS/c1-8-4-9(2)14(11(17)5-8)19-13(25)7-26-16-23-22-15(24(16)18)12-6-10(3)20-21-12/h4-6H,7,18H2,1-3H3,(H,19,25)(H,20,21). The number of nitrogens with two attached hydrogens (primary N) is 1. The van der Waals surface area contributed by atoms with Crippen molar-refractivity contribution in [3.63, 3.8) is 0 Å². The molecule has 8 nitrogen and oxygen atoms in total. The van der Waals surface area contributed by atoms with Crippen molar-refractivity contribution in [2.24, 2.45) is 0 Å². The average molecular weight is 392 g/mol. The van der Waals surface area contributed by atoms with Gasteiger partial charge in [-0.2, -0.15) is 5.10 Å². The quantitative estimate of drug-likeness (QED) is 0.455. The van der Waals surface area contributed by atoms with Gasteiger partial charge in [0.2, 0.25) is 16.9 Å². The number of amides is 1. The normalized spacial score (nSPS) is 10.9. The van der Waals surface area contributed by atoms with Gasteiger partial charge in [-0.1, -0.05) is 29.4 Å². The first-order valence-corrected chi connectivity index (χ1v) is 9.13. The molecule has 0 saturated carbocycles. The molecule has 0 aliphatic rings. The van der Waals surface area contributed by atoms with Crippen molar-refractivity contribution in [1.29, 1.82) is 0 Å². The molecule has 136 valence electrons. The number of aromatic nitrogens is 5. The van der Waals surface area contributed by atoms with Crippen LogP contribution in [0.2, 0.25) is 5.02 Å². The van der Waals surface area contributed by atoms with E-state index in [1.165, 1.54) is 16.4 Å². The molecule has 1 amide bonds. The van der Waals surface area contributed by atoms with Crippen molar-refractivity contribution < 1.29 is 4.79 Å². The van der Waals surface area contributed by atoms with E-state index in [2.05, 4.69) is 25.7 Å². The minimum Gasteiger partial charge on any atom is -0.335 e. The number of carbonyl (C=O) groups excluding carboxylic acids is 1. The highest BCUT2D eigenvalue weighted by atomic mass is 35.5. The third-order valence-electron chi connectivity index (χ3n) is 3.63. The molecule has 26 heavy (non-hydrogen) atoms. The lowest BCUT2D eigenvalue weighted by atomic mass is 10.1. The van der Waals surface area contributed by atoms with Crippen molar-refractivity contribution in [2.75, 3.05) is 16.9 Å². The zero-order valence-electron chi connectivity index (χ0n) is 14.5. The number of thioether (sulfide) groups is 1. The van der Waals surface area contributed by atoms with Crippen LogP contribution in [0, 0.1) is 20.8 Å². The van der Waals surface area contributed by atoms with E-state index in [0.717, 1.165) is 16.8 Å². The van der Waals surface area contributed by atoms with Crippen LogP contribution in [0.1, 0.15) is 16.8 Å². The summed E-state index contributed by atoms with van der Waals surface area (Å²) in [7, 11) is 0. The monoisotopic (exact) mass is 391 g/mol. The lowest BCUT2D eigenvalue weighted by Crippen LogP contribution is -2.17. The minimum atomic E-state index is -0.205. The van der Waals surface area contributed by atoms with Crippen LogP contribution in [0.15, 0.2) is 23.4 Å². The summed E-state index contributed by atoms with van der Waals surface area (Å²) < 4.78 is 1.32. The summed E-state index contributed by atoms with van der Waals surface area (Å²) in [5.41, 5.74) is 4.05. The lowest BCUT2D eigenvalue weighted by Gasteiger charge is -2.11. The second-order valence-electron chi connectivity index (χ2n) is 5.89. The predicted molar refractivity (Wildman–Crippen MR) is 103 cm³/mol. The summed E-state index contributed by atoms with van der Waals surface area (Å²) in [6.45, 7) is 5.73. The summed E-state index contributed by atoms with van der Waals surface area (Å²) in [5.74, 6) is 6.36. The maximum absolute atomic E-state index is 12.3. The number of aryl methyl sites for hydroxylation is 3. The number of halogens is 1. The van der Waals surface area contributed by atoms with Gasteiger partial charge in [-0.15, -0.1) is 10.2 Å². The SMILES string of the molecule is Cc1cc(C)c(NC(=O)CSc2nnc(-c3cc(C)[nH]n3)n2N)c(Cl)c1. The Hall–Kier alpha value is -2.52. The van der Waals surface area contributed by atoms with E-state index >= 15 is 0 Å². The summed E-state index contributed by atoms with van der Waals surface area (Å²) in [6, 6.07) is 5.59. The molecule has 0 aliphatic carbocycles. The van der Waals surface area contributed by atoms with Gasteiger partial charge in [0.25, 0.3) is 0 Å². The molecular formula is C16H18ClN7OS. The van der Waals surface area contributed by atoms with Crippen LogP contribution in [0.4, 0.5) is 5.69 Å². The smallest absolute Gasteiger partial charge is 0.234 e. The van der Waals surface area contributed by atoms with Crippen LogP contribution >= 0.6 is 23.4 Å². The zero-order valence-corrected chi connectivity index (χ0v) is 16.1. The van der Waals surface area contributed by atoms with E-state index in [1.807, 2.05) is 39.0 Å². The summed E-state index contributed by atoms with van der Waals surface area (Å²) >= 11 is 7.40. The molecule has 0 atom stereocenters. The Morgan fingerprint density at radius 3 is 2.73 bits per heavy atom. The number of nitrogen functional groups attached to an aromatic ring is 1. The number of anilines is 1. The molecule has 0 aliphatic heterocycles. The Bertz CT molecular complexity index is 942. The van der Waals surface area contributed by atoms with E-state index in [4.69, 9.17) is 17.4 Å². The van der Waals surface area contributed by atoms with Gasteiger partial charge >= 0.3 is 0 Å². The van der Waals surface area contributed by atoms with E-state index in [0.29, 0.717) is 27.4 Å². The first kappa shape index (κ1) is 18.3. The van der Waals surface area contributed by atoms with Gasteiger partial charge in [-0.25, -0.2) is 4.68 Å². The Morgan fingerprint density at radius 1 is 1.31 bits per heavy atom. The molecule has 10 heteroatoms. The molecular weight excluding hydrogens is 374 g/mol. The van der Waals surface area contributed by atoms with Crippen molar-refractivity contribution in [3.05, 3.63) is 40.0 Å². The second-order valence-corrected chi connectivity index (χ2v) is 7.24. The number of nitrogens with one attached hydrogen (secondary N) is 2. The maximum atomic E-state index is 12.3. The number of aromatic amines is 1. The Kier molecular flexibility index (Phi) is 5.19. The third kappa shape index (κ3) is 3.83. The van der Waals surface area contributed by atoms with E-state index in [1.54, 1.807) is 0 Å². The summed E-state index contributed by atoms with van der Waals surface area (Å²) in [5, 5.41) is 18.7. The largest absolute Gasteiger partial charge is 0.335 e. The molecule has 3 aromatic rings. The summed E-state index contributed by atoms with van der Waals surface area (Å²) in [4.78, 5) is 12.3. The van der Waals surface area contributed by atoms with Crippen LogP contribution in [-0.4, -0.2) is 36.7 Å². The van der Waals surface area contributed by atoms with Crippen LogP contribution in [0.3, 0.4) is 0 Å². The topological polar surface area (TPSA) is 115 Å². The molecule has 3 rings (SSSR count). The highest BCUT2D eigenvalue weighted by Crippen LogP contribution is 2.28. The number of hydrogen-bond donors (Lipinski definition) is 3. The molecule has 0 unspecified atom stereocenters. The van der Waals surface area contributed by atoms with Crippen molar-refractivity contribution >= 4 is 35.0 Å². The van der Waals surface area contributed by atoms with Crippen LogP contribution in [0.25, 0.3) is 11.5 Å². The van der Waals surface area contributed by atoms with Crippen LogP contribution < -0.4 is 11.2 Å². The first-order chi connectivity index (χ1) is 12.3. The molecule has 2 aromatic heterocycles. The van der Waals surface area contributed by atoms with Gasteiger partial charge in [-0.3, -0.25) is 9.89 Å². The summed E-state index contributed by atoms with van der Waals surface area (Å²) in [6.07, 6.45) is 0. The number of carbonyl (C=O) groups is 1. The van der Waals surface area contributed by atoms with Gasteiger partial charge in [0.1, 0.15) is 5.69 Å². The van der Waals surface area contributed by atoms with Gasteiger partial charge < -0.3 is 11.2 Å². The second kappa shape index (κ2) is 7.38. The molecule has 4 N–H and O–H groups in total. The van der Waals surface area contributed by atoms with E-state index < -0.39 is 0 Å². The molecule has 2 heterocycles. The number of H-pyrrole nitrogens is 1. The third-order valence-corrected chi connectivity index (χ3v) is 4.87. The molecule has 0 bridgehead atoms. The minimum absolute atomic E-state index is 0.124. The van der Waals surface area contributed by atoms with E-state index in [-0.39, 0.29) is 11.7 Å². The molecule has 0 spiro atoms. The highest BCUT2D eigenvalue weighted by Gasteiger charge is 2.16.